The molecule has 2 aliphatic rings. The average Bonchev–Trinajstić information content (AvgIpc) is 3.03. The summed E-state index contributed by atoms with van der Waals surface area (Å²) in [6.07, 6.45) is 9.67. The highest BCUT2D eigenvalue weighted by Crippen LogP contribution is 2.38. The molecule has 2 aromatic heterocycles. The zero-order valence-electron chi connectivity index (χ0n) is 15.6. The molecule has 2 aromatic rings. The summed E-state index contributed by atoms with van der Waals surface area (Å²) in [6.45, 7) is 4.53. The lowest BCUT2D eigenvalue weighted by Crippen LogP contribution is -2.45. The maximum Gasteiger partial charge on any atom is 0.258 e. The van der Waals surface area contributed by atoms with Gasteiger partial charge in [-0.2, -0.15) is 0 Å². The Labute approximate surface area is 158 Å². The molecule has 0 aromatic carbocycles. The Bertz CT molecular complexity index is 804. The summed E-state index contributed by atoms with van der Waals surface area (Å²) in [6, 6.07) is 0.258. The van der Waals surface area contributed by atoms with Crippen molar-refractivity contribution in [1.29, 1.82) is 0 Å². The molecule has 140 valence electrons. The Morgan fingerprint density at radius 3 is 2.96 bits per heavy atom. The van der Waals surface area contributed by atoms with Crippen LogP contribution in [0.2, 0.25) is 0 Å². The van der Waals surface area contributed by atoms with Crippen molar-refractivity contribution in [1.82, 2.24) is 15.3 Å². The number of hydrogen-bond donors (Lipinski definition) is 1. The van der Waals surface area contributed by atoms with Gasteiger partial charge in [0.1, 0.15) is 11.2 Å². The Hall–Kier alpha value is -1.69. The second kappa shape index (κ2) is 7.51. The minimum atomic E-state index is -0.0493. The van der Waals surface area contributed by atoms with Crippen LogP contribution in [0.4, 0.5) is 0 Å². The van der Waals surface area contributed by atoms with Gasteiger partial charge < -0.3 is 10.1 Å². The van der Waals surface area contributed by atoms with Crippen molar-refractivity contribution >= 4 is 27.5 Å². The highest BCUT2D eigenvalue weighted by molar-refractivity contribution is 7.18. The first-order chi connectivity index (χ1) is 12.6. The highest BCUT2D eigenvalue weighted by Gasteiger charge is 2.28. The third-order valence-corrected chi connectivity index (χ3v) is 7.31. The molecular weight excluding hydrogens is 346 g/mol. The van der Waals surface area contributed by atoms with Crippen LogP contribution in [-0.4, -0.2) is 28.5 Å². The second-order valence-corrected chi connectivity index (χ2v) is 8.88. The van der Waals surface area contributed by atoms with Crippen molar-refractivity contribution in [2.45, 2.75) is 64.8 Å². The third-order valence-electron chi connectivity index (χ3n) is 6.11. The Morgan fingerprint density at radius 2 is 2.08 bits per heavy atom. The fourth-order valence-corrected chi connectivity index (χ4v) is 5.56. The summed E-state index contributed by atoms with van der Waals surface area (Å²) < 4.78 is 5.85. The normalized spacial score (nSPS) is 25.7. The second-order valence-electron chi connectivity index (χ2n) is 7.80. The first-order valence-corrected chi connectivity index (χ1v) is 10.6. The molecule has 1 fully saturated rings. The van der Waals surface area contributed by atoms with E-state index in [-0.39, 0.29) is 18.6 Å². The van der Waals surface area contributed by atoms with Gasteiger partial charge in [-0.15, -0.1) is 11.3 Å². The van der Waals surface area contributed by atoms with Crippen molar-refractivity contribution in [3.63, 3.8) is 0 Å². The minimum absolute atomic E-state index is 0.0222. The molecule has 5 nitrogen and oxygen atoms in total. The number of nitrogens with zero attached hydrogens (tertiary/aromatic N) is 2. The number of rotatable bonds is 4. The van der Waals surface area contributed by atoms with Crippen molar-refractivity contribution < 1.29 is 9.53 Å². The molecule has 0 spiro atoms. The van der Waals surface area contributed by atoms with E-state index in [4.69, 9.17) is 4.74 Å². The van der Waals surface area contributed by atoms with Crippen LogP contribution >= 0.6 is 11.3 Å². The van der Waals surface area contributed by atoms with Crippen LogP contribution in [0, 0.1) is 11.8 Å². The molecular formula is C20H27N3O2S. The molecule has 0 unspecified atom stereocenters. The fourth-order valence-electron chi connectivity index (χ4n) is 4.34. The van der Waals surface area contributed by atoms with E-state index in [1.165, 1.54) is 36.1 Å². The number of aryl methyl sites for hydroxylation is 2. The molecule has 6 heteroatoms. The lowest BCUT2D eigenvalue weighted by atomic mass is 9.78. The molecule has 1 saturated carbocycles. The number of aromatic nitrogens is 2. The Kier molecular flexibility index (Phi) is 5.11. The maximum absolute atomic E-state index is 12.4. The summed E-state index contributed by atoms with van der Waals surface area (Å²) in [5.74, 6) is 1.69. The van der Waals surface area contributed by atoms with Crippen LogP contribution in [0.1, 0.15) is 56.4 Å². The molecule has 0 radical (unpaired) electrons. The van der Waals surface area contributed by atoms with Gasteiger partial charge in [-0.3, -0.25) is 4.79 Å². The summed E-state index contributed by atoms with van der Waals surface area (Å²) in [5, 5.41) is 4.20. The van der Waals surface area contributed by atoms with E-state index in [1.54, 1.807) is 17.7 Å². The number of thiophene rings is 1. The van der Waals surface area contributed by atoms with Crippen molar-refractivity contribution in [3.05, 3.63) is 16.8 Å². The number of hydrogen-bond acceptors (Lipinski definition) is 5. The number of carbonyl (C=O) groups excluding carboxylic acids is 1. The van der Waals surface area contributed by atoms with Crippen molar-refractivity contribution in [2.24, 2.45) is 11.8 Å². The van der Waals surface area contributed by atoms with E-state index < -0.39 is 0 Å². The van der Waals surface area contributed by atoms with Gasteiger partial charge in [-0.05, 0) is 49.5 Å². The monoisotopic (exact) mass is 373 g/mol. The standard InChI is InChI=1S/C20H27N3O2S/c1-12-6-5-8-15(13(12)2)23-17(24)10-25-19-18-14-7-3-4-9-16(14)26-20(18)22-11-21-19/h11-13,15H,3-10H2,1-2H3,(H,23,24)/t12-,13-,15+/m1/s1. The van der Waals surface area contributed by atoms with Gasteiger partial charge in [0.2, 0.25) is 5.88 Å². The van der Waals surface area contributed by atoms with Crippen LogP contribution in [0.25, 0.3) is 10.2 Å². The molecule has 4 rings (SSSR count). The quantitative estimate of drug-likeness (QED) is 0.883. The van der Waals surface area contributed by atoms with Gasteiger partial charge in [0, 0.05) is 10.9 Å². The molecule has 2 heterocycles. The SMILES string of the molecule is C[C@@H]1[C@H](C)CCC[C@@H]1NC(=O)COc1ncnc2sc3c(c12)CCCC3. The maximum atomic E-state index is 12.4. The summed E-state index contributed by atoms with van der Waals surface area (Å²) in [5.41, 5.74) is 1.34. The van der Waals surface area contributed by atoms with E-state index in [1.807, 2.05) is 0 Å². The number of carbonyl (C=O) groups is 1. The van der Waals surface area contributed by atoms with Crippen molar-refractivity contribution in [3.8, 4) is 5.88 Å². The van der Waals surface area contributed by atoms with E-state index >= 15 is 0 Å². The van der Waals surface area contributed by atoms with Crippen LogP contribution in [0.5, 0.6) is 5.88 Å². The van der Waals surface area contributed by atoms with Crippen LogP contribution < -0.4 is 10.1 Å². The van der Waals surface area contributed by atoms with Gasteiger partial charge in [0.25, 0.3) is 5.91 Å². The van der Waals surface area contributed by atoms with E-state index in [0.717, 1.165) is 29.5 Å². The largest absolute Gasteiger partial charge is 0.467 e. The average molecular weight is 374 g/mol. The summed E-state index contributed by atoms with van der Waals surface area (Å²) in [4.78, 5) is 23.6. The van der Waals surface area contributed by atoms with Crippen molar-refractivity contribution in [2.75, 3.05) is 6.61 Å². The molecule has 0 aliphatic heterocycles. The smallest absolute Gasteiger partial charge is 0.258 e. The zero-order chi connectivity index (χ0) is 18.1. The van der Waals surface area contributed by atoms with Gasteiger partial charge in [0.05, 0.1) is 5.39 Å². The third kappa shape index (κ3) is 3.43. The van der Waals surface area contributed by atoms with Gasteiger partial charge in [-0.1, -0.05) is 26.7 Å². The minimum Gasteiger partial charge on any atom is -0.467 e. The number of fused-ring (bicyclic) bond motifs is 3. The van der Waals surface area contributed by atoms with Gasteiger partial charge in [-0.25, -0.2) is 9.97 Å². The van der Waals surface area contributed by atoms with Crippen LogP contribution in [0.3, 0.4) is 0 Å². The number of amides is 1. The Balaban J connectivity index is 1.44. The predicted molar refractivity (Wildman–Crippen MR) is 104 cm³/mol. The fraction of sp³-hybridized carbons (Fsp3) is 0.650. The molecule has 0 bridgehead atoms. The topological polar surface area (TPSA) is 64.1 Å². The molecule has 0 saturated heterocycles. The van der Waals surface area contributed by atoms with Crippen LogP contribution in [0.15, 0.2) is 6.33 Å². The lowest BCUT2D eigenvalue weighted by molar-refractivity contribution is -0.124. The lowest BCUT2D eigenvalue weighted by Gasteiger charge is -2.34. The Morgan fingerprint density at radius 1 is 1.23 bits per heavy atom. The predicted octanol–water partition coefficient (Wildman–Crippen LogP) is 3.89. The van der Waals surface area contributed by atoms with Crippen LogP contribution in [-0.2, 0) is 17.6 Å². The van der Waals surface area contributed by atoms with Gasteiger partial charge in [0.15, 0.2) is 6.61 Å². The molecule has 1 N–H and O–H groups in total. The zero-order valence-corrected chi connectivity index (χ0v) is 16.4. The number of ether oxygens (including phenoxy) is 1. The highest BCUT2D eigenvalue weighted by atomic mass is 32.1. The molecule has 2 aliphatic carbocycles. The summed E-state index contributed by atoms with van der Waals surface area (Å²) >= 11 is 1.75. The molecule has 1 amide bonds. The summed E-state index contributed by atoms with van der Waals surface area (Å²) in [7, 11) is 0. The van der Waals surface area contributed by atoms with E-state index in [0.29, 0.717) is 17.7 Å². The molecule has 3 atom stereocenters. The first kappa shape index (κ1) is 17.7. The van der Waals surface area contributed by atoms with E-state index in [9.17, 15) is 4.79 Å². The first-order valence-electron chi connectivity index (χ1n) is 9.81. The van der Waals surface area contributed by atoms with E-state index in [2.05, 4.69) is 29.1 Å². The number of nitrogens with one attached hydrogen (secondary N) is 1. The van der Waals surface area contributed by atoms with Gasteiger partial charge >= 0.3 is 0 Å². The molecule has 26 heavy (non-hydrogen) atoms.